The Labute approximate surface area is 94.8 Å². The van der Waals surface area contributed by atoms with Gasteiger partial charge in [-0.15, -0.1) is 0 Å². The molecule has 0 aromatic carbocycles. The number of carbonyl (C=O) groups is 2. The summed E-state index contributed by atoms with van der Waals surface area (Å²) in [6.45, 7) is 2.26. The summed E-state index contributed by atoms with van der Waals surface area (Å²) in [6.07, 6.45) is 2.99. The molecule has 0 aromatic heterocycles. The molecule has 0 spiro atoms. The van der Waals surface area contributed by atoms with Crippen molar-refractivity contribution in [2.24, 2.45) is 5.92 Å². The fourth-order valence-corrected chi connectivity index (χ4v) is 2.42. The first-order chi connectivity index (χ1) is 7.65. The summed E-state index contributed by atoms with van der Waals surface area (Å²) in [4.78, 5) is 24.0. The summed E-state index contributed by atoms with van der Waals surface area (Å²) in [5.74, 6) is -0.436. The second-order valence-electron chi connectivity index (χ2n) is 4.76. The minimum absolute atomic E-state index is 0.165. The number of aliphatic carboxylic acids is 1. The van der Waals surface area contributed by atoms with Crippen molar-refractivity contribution in [3.63, 3.8) is 0 Å². The largest absolute Gasteiger partial charge is 0.481 e. The molecule has 1 unspecified atom stereocenters. The van der Waals surface area contributed by atoms with Crippen molar-refractivity contribution in [1.82, 2.24) is 10.2 Å². The van der Waals surface area contributed by atoms with E-state index in [2.05, 4.69) is 5.32 Å². The molecule has 5 heteroatoms. The number of hydrogen-bond donors (Lipinski definition) is 2. The molecule has 2 N–H and O–H groups in total. The second kappa shape index (κ2) is 4.82. The number of likely N-dealkylation sites (tertiary alicyclic amines) is 1. The summed E-state index contributed by atoms with van der Waals surface area (Å²) in [5, 5.41) is 11.9. The van der Waals surface area contributed by atoms with Crippen LogP contribution in [-0.2, 0) is 9.59 Å². The molecule has 0 bridgehead atoms. The molecule has 16 heavy (non-hydrogen) atoms. The monoisotopic (exact) mass is 226 g/mol. The van der Waals surface area contributed by atoms with E-state index >= 15 is 0 Å². The fraction of sp³-hybridized carbons (Fsp3) is 0.818. The van der Waals surface area contributed by atoms with E-state index < -0.39 is 5.97 Å². The Morgan fingerprint density at radius 2 is 2.06 bits per heavy atom. The van der Waals surface area contributed by atoms with Crippen LogP contribution in [0.4, 0.5) is 0 Å². The summed E-state index contributed by atoms with van der Waals surface area (Å²) < 4.78 is 0. The van der Waals surface area contributed by atoms with E-state index in [0.29, 0.717) is 25.6 Å². The van der Waals surface area contributed by atoms with Crippen molar-refractivity contribution in [3.8, 4) is 0 Å². The highest BCUT2D eigenvalue weighted by Gasteiger charge is 2.33. The molecule has 0 radical (unpaired) electrons. The SMILES string of the molecule is O=C(O)CC1CN(C(=O)CC2CCCN2)C1. The highest BCUT2D eigenvalue weighted by Crippen LogP contribution is 2.21. The zero-order chi connectivity index (χ0) is 11.5. The van der Waals surface area contributed by atoms with Crippen LogP contribution in [0.3, 0.4) is 0 Å². The maximum atomic E-state index is 11.8. The van der Waals surface area contributed by atoms with Crippen LogP contribution in [-0.4, -0.2) is 47.6 Å². The Hall–Kier alpha value is -1.10. The summed E-state index contributed by atoms with van der Waals surface area (Å²) >= 11 is 0. The average Bonchev–Trinajstić information content (AvgIpc) is 2.62. The van der Waals surface area contributed by atoms with E-state index in [9.17, 15) is 9.59 Å². The van der Waals surface area contributed by atoms with Crippen molar-refractivity contribution in [2.75, 3.05) is 19.6 Å². The van der Waals surface area contributed by atoms with Gasteiger partial charge in [-0.25, -0.2) is 0 Å². The van der Waals surface area contributed by atoms with E-state index in [4.69, 9.17) is 5.11 Å². The Morgan fingerprint density at radius 1 is 1.31 bits per heavy atom. The molecule has 0 aromatic rings. The predicted octanol–water partition coefficient (Wildman–Crippen LogP) is 0.0616. The molecule has 0 aliphatic carbocycles. The molecule has 2 aliphatic heterocycles. The number of amides is 1. The van der Waals surface area contributed by atoms with Gasteiger partial charge in [0.1, 0.15) is 0 Å². The maximum Gasteiger partial charge on any atom is 0.303 e. The molecule has 90 valence electrons. The van der Waals surface area contributed by atoms with Gasteiger partial charge in [0, 0.05) is 31.5 Å². The van der Waals surface area contributed by atoms with Crippen molar-refractivity contribution >= 4 is 11.9 Å². The van der Waals surface area contributed by atoms with Crippen molar-refractivity contribution in [1.29, 1.82) is 0 Å². The zero-order valence-corrected chi connectivity index (χ0v) is 9.32. The Bertz CT molecular complexity index is 281. The molecule has 1 atom stereocenters. The highest BCUT2D eigenvalue weighted by atomic mass is 16.4. The molecule has 2 fully saturated rings. The molecule has 2 rings (SSSR count). The number of hydrogen-bond acceptors (Lipinski definition) is 3. The van der Waals surface area contributed by atoms with Gasteiger partial charge in [0.05, 0.1) is 6.42 Å². The van der Waals surface area contributed by atoms with Gasteiger partial charge in [-0.3, -0.25) is 9.59 Å². The van der Waals surface area contributed by atoms with Crippen LogP contribution >= 0.6 is 0 Å². The summed E-state index contributed by atoms with van der Waals surface area (Å²) in [6, 6.07) is 0.339. The Morgan fingerprint density at radius 3 is 2.62 bits per heavy atom. The van der Waals surface area contributed by atoms with Crippen molar-refractivity contribution in [2.45, 2.75) is 31.7 Å². The summed E-state index contributed by atoms with van der Waals surface area (Å²) in [5.41, 5.74) is 0. The van der Waals surface area contributed by atoms with Gasteiger partial charge in [0.2, 0.25) is 5.91 Å². The first-order valence-electron chi connectivity index (χ1n) is 5.88. The number of nitrogens with one attached hydrogen (secondary N) is 1. The molecule has 5 nitrogen and oxygen atoms in total. The third kappa shape index (κ3) is 2.72. The fourth-order valence-electron chi connectivity index (χ4n) is 2.42. The van der Waals surface area contributed by atoms with Crippen LogP contribution in [0.25, 0.3) is 0 Å². The molecule has 0 saturated carbocycles. The standard InChI is InChI=1S/C11H18N2O3/c14-10(5-9-2-1-3-12-9)13-6-8(7-13)4-11(15)16/h8-9,12H,1-7H2,(H,15,16). The predicted molar refractivity (Wildman–Crippen MR) is 58.0 cm³/mol. The minimum atomic E-state index is -0.769. The van der Waals surface area contributed by atoms with E-state index in [1.54, 1.807) is 4.90 Å². The van der Waals surface area contributed by atoms with Gasteiger partial charge >= 0.3 is 5.97 Å². The van der Waals surface area contributed by atoms with Crippen LogP contribution in [0.5, 0.6) is 0 Å². The molecule has 2 aliphatic rings. The number of carboxylic acid groups (broad SMARTS) is 1. The normalized spacial score (nSPS) is 25.5. The average molecular weight is 226 g/mol. The van der Waals surface area contributed by atoms with E-state index in [1.165, 1.54) is 0 Å². The number of carbonyl (C=O) groups excluding carboxylic acids is 1. The lowest BCUT2D eigenvalue weighted by molar-refractivity contribution is -0.145. The molecular weight excluding hydrogens is 208 g/mol. The van der Waals surface area contributed by atoms with Gasteiger partial charge in [0.15, 0.2) is 0 Å². The first-order valence-corrected chi connectivity index (χ1v) is 5.88. The lowest BCUT2D eigenvalue weighted by Crippen LogP contribution is -2.51. The lowest BCUT2D eigenvalue weighted by Gasteiger charge is -2.39. The van der Waals surface area contributed by atoms with Crippen LogP contribution in [0.15, 0.2) is 0 Å². The van der Waals surface area contributed by atoms with Gasteiger partial charge in [-0.05, 0) is 19.4 Å². The molecular formula is C11H18N2O3. The smallest absolute Gasteiger partial charge is 0.303 e. The summed E-state index contributed by atoms with van der Waals surface area (Å²) in [7, 11) is 0. The molecule has 2 saturated heterocycles. The molecule has 1 amide bonds. The minimum Gasteiger partial charge on any atom is -0.481 e. The number of carboxylic acids is 1. The van der Waals surface area contributed by atoms with Crippen LogP contribution in [0, 0.1) is 5.92 Å². The van der Waals surface area contributed by atoms with Gasteiger partial charge in [-0.1, -0.05) is 0 Å². The first kappa shape index (κ1) is 11.4. The van der Waals surface area contributed by atoms with Gasteiger partial charge in [0.25, 0.3) is 0 Å². The van der Waals surface area contributed by atoms with Crippen molar-refractivity contribution < 1.29 is 14.7 Å². The van der Waals surface area contributed by atoms with Crippen LogP contribution in [0.1, 0.15) is 25.7 Å². The highest BCUT2D eigenvalue weighted by molar-refractivity contribution is 5.78. The zero-order valence-electron chi connectivity index (χ0n) is 9.32. The quantitative estimate of drug-likeness (QED) is 0.711. The van der Waals surface area contributed by atoms with Gasteiger partial charge < -0.3 is 15.3 Å². The van der Waals surface area contributed by atoms with Crippen molar-refractivity contribution in [3.05, 3.63) is 0 Å². The number of nitrogens with zero attached hydrogens (tertiary/aromatic N) is 1. The third-order valence-electron chi connectivity index (χ3n) is 3.36. The maximum absolute atomic E-state index is 11.8. The topological polar surface area (TPSA) is 69.6 Å². The molecule has 2 heterocycles. The Balaban J connectivity index is 1.66. The lowest BCUT2D eigenvalue weighted by atomic mass is 9.95. The van der Waals surface area contributed by atoms with Gasteiger partial charge in [-0.2, -0.15) is 0 Å². The number of rotatable bonds is 4. The van der Waals surface area contributed by atoms with Crippen LogP contribution in [0.2, 0.25) is 0 Å². The van der Waals surface area contributed by atoms with E-state index in [1.807, 2.05) is 0 Å². The van der Waals surface area contributed by atoms with E-state index in [0.717, 1.165) is 19.4 Å². The Kier molecular flexibility index (Phi) is 3.43. The van der Waals surface area contributed by atoms with E-state index in [-0.39, 0.29) is 18.2 Å². The third-order valence-corrected chi connectivity index (χ3v) is 3.36. The second-order valence-corrected chi connectivity index (χ2v) is 4.76. The van der Waals surface area contributed by atoms with Crippen LogP contribution < -0.4 is 5.32 Å².